The summed E-state index contributed by atoms with van der Waals surface area (Å²) in [5, 5.41) is 3.53. The third kappa shape index (κ3) is 3.04. The first-order chi connectivity index (χ1) is 13.1. The van der Waals surface area contributed by atoms with Crippen LogP contribution < -0.4 is 19.5 Å². The normalized spacial score (nSPS) is 18.0. The molecule has 2 heterocycles. The molecule has 27 heavy (non-hydrogen) atoms. The molecular weight excluding hydrogens is 348 g/mol. The fourth-order valence-electron chi connectivity index (χ4n) is 3.59. The van der Waals surface area contributed by atoms with E-state index in [0.29, 0.717) is 17.1 Å². The molecule has 0 aromatic heterocycles. The van der Waals surface area contributed by atoms with Gasteiger partial charge in [0.15, 0.2) is 11.5 Å². The zero-order chi connectivity index (χ0) is 19.0. The molecule has 0 fully saturated rings. The molecule has 2 aliphatic rings. The van der Waals surface area contributed by atoms with Gasteiger partial charge in [0.25, 0.3) is 0 Å². The predicted octanol–water partition coefficient (Wildman–Crippen LogP) is 2.81. The van der Waals surface area contributed by atoms with Crippen LogP contribution in [0.2, 0.25) is 0 Å². The summed E-state index contributed by atoms with van der Waals surface area (Å²) in [6.45, 7) is 1.10. The molecule has 1 atom stereocenters. The number of carbonyl (C=O) groups is 1. The molecule has 0 bridgehead atoms. The second-order valence-electron chi connectivity index (χ2n) is 6.56. The Morgan fingerprint density at radius 2 is 2.00 bits per heavy atom. The van der Waals surface area contributed by atoms with E-state index in [1.165, 1.54) is 12.7 Å². The van der Waals surface area contributed by atoms with Crippen molar-refractivity contribution in [3.8, 4) is 17.2 Å². The van der Waals surface area contributed by atoms with Crippen molar-refractivity contribution in [2.24, 2.45) is 0 Å². The topological polar surface area (TPSA) is 69.3 Å². The summed E-state index contributed by atoms with van der Waals surface area (Å²) < 4.78 is 21.6. The molecule has 2 aliphatic heterocycles. The quantitative estimate of drug-likeness (QED) is 0.830. The molecule has 1 N–H and O–H groups in total. The SMILES string of the molecule is COC(=O)c1ccc(NC2c3c(cc4c(c3OC)OCO4)CCN2C)cc1. The zero-order valence-corrected chi connectivity index (χ0v) is 15.6. The van der Waals surface area contributed by atoms with Crippen LogP contribution >= 0.6 is 0 Å². The molecule has 1 unspecified atom stereocenters. The van der Waals surface area contributed by atoms with E-state index in [1.807, 2.05) is 18.2 Å². The summed E-state index contributed by atoms with van der Waals surface area (Å²) in [6.07, 6.45) is 0.806. The molecule has 2 aromatic rings. The predicted molar refractivity (Wildman–Crippen MR) is 99.6 cm³/mol. The zero-order valence-electron chi connectivity index (χ0n) is 15.6. The van der Waals surface area contributed by atoms with Crippen molar-refractivity contribution in [2.75, 3.05) is 39.9 Å². The number of esters is 1. The number of likely N-dealkylation sites (N-methyl/N-ethyl adjacent to an activating group) is 1. The van der Waals surface area contributed by atoms with Crippen molar-refractivity contribution >= 4 is 11.7 Å². The lowest BCUT2D eigenvalue weighted by molar-refractivity contribution is 0.0600. The molecule has 0 amide bonds. The number of fused-ring (bicyclic) bond motifs is 2. The second-order valence-corrected chi connectivity index (χ2v) is 6.56. The van der Waals surface area contributed by atoms with Crippen LogP contribution in [-0.4, -0.2) is 45.5 Å². The third-order valence-corrected chi connectivity index (χ3v) is 5.01. The Morgan fingerprint density at radius 1 is 1.22 bits per heavy atom. The molecule has 2 aromatic carbocycles. The van der Waals surface area contributed by atoms with E-state index >= 15 is 0 Å². The number of carbonyl (C=O) groups excluding carboxylic acids is 1. The summed E-state index contributed by atoms with van der Waals surface area (Å²) in [4.78, 5) is 13.9. The van der Waals surface area contributed by atoms with E-state index < -0.39 is 0 Å². The van der Waals surface area contributed by atoms with Gasteiger partial charge in [0.2, 0.25) is 12.5 Å². The molecule has 4 rings (SSSR count). The molecule has 0 radical (unpaired) electrons. The first kappa shape index (κ1) is 17.5. The van der Waals surface area contributed by atoms with Crippen molar-refractivity contribution < 1.29 is 23.7 Å². The Kier molecular flexibility index (Phi) is 4.53. The van der Waals surface area contributed by atoms with E-state index in [4.69, 9.17) is 18.9 Å². The lowest BCUT2D eigenvalue weighted by atomic mass is 9.94. The van der Waals surface area contributed by atoms with Crippen LogP contribution in [0.3, 0.4) is 0 Å². The monoisotopic (exact) mass is 370 g/mol. The number of hydrogen-bond acceptors (Lipinski definition) is 7. The van der Waals surface area contributed by atoms with Gasteiger partial charge in [-0.25, -0.2) is 4.79 Å². The standard InChI is InChI=1S/C20H22N2O5/c1-22-9-8-13-10-15-17(27-11-26-15)18(24-2)16(13)19(22)21-14-6-4-12(5-7-14)20(23)25-3/h4-7,10,19,21H,8-9,11H2,1-3H3. The molecule has 0 saturated carbocycles. The molecule has 0 saturated heterocycles. The molecule has 142 valence electrons. The lowest BCUT2D eigenvalue weighted by Gasteiger charge is -2.36. The van der Waals surface area contributed by atoms with E-state index in [0.717, 1.165) is 30.0 Å². The molecule has 7 heteroatoms. The van der Waals surface area contributed by atoms with Gasteiger partial charge in [0.05, 0.1) is 19.8 Å². The second kappa shape index (κ2) is 7.00. The van der Waals surface area contributed by atoms with Crippen LogP contribution in [0.25, 0.3) is 0 Å². The Morgan fingerprint density at radius 3 is 2.70 bits per heavy atom. The van der Waals surface area contributed by atoms with Crippen LogP contribution in [0.15, 0.2) is 30.3 Å². The number of nitrogens with zero attached hydrogens (tertiary/aromatic N) is 1. The minimum Gasteiger partial charge on any atom is -0.492 e. The van der Waals surface area contributed by atoms with Crippen LogP contribution in [0.4, 0.5) is 5.69 Å². The van der Waals surface area contributed by atoms with Crippen molar-refractivity contribution in [1.29, 1.82) is 0 Å². The summed E-state index contributed by atoms with van der Waals surface area (Å²) >= 11 is 0. The summed E-state index contributed by atoms with van der Waals surface area (Å²) in [7, 11) is 5.08. The summed E-state index contributed by atoms with van der Waals surface area (Å²) in [5.41, 5.74) is 3.64. The van der Waals surface area contributed by atoms with Crippen LogP contribution in [0.5, 0.6) is 17.2 Å². The van der Waals surface area contributed by atoms with Crippen molar-refractivity contribution in [3.63, 3.8) is 0 Å². The number of rotatable bonds is 4. The van der Waals surface area contributed by atoms with Gasteiger partial charge in [0, 0.05) is 17.8 Å². The van der Waals surface area contributed by atoms with Gasteiger partial charge >= 0.3 is 5.97 Å². The lowest BCUT2D eigenvalue weighted by Crippen LogP contribution is -2.37. The number of hydrogen-bond donors (Lipinski definition) is 1. The van der Waals surface area contributed by atoms with Gasteiger partial charge in [-0.1, -0.05) is 0 Å². The fraction of sp³-hybridized carbons (Fsp3) is 0.350. The van der Waals surface area contributed by atoms with Gasteiger partial charge in [0.1, 0.15) is 6.17 Å². The minimum atomic E-state index is -0.351. The number of ether oxygens (including phenoxy) is 4. The van der Waals surface area contributed by atoms with Gasteiger partial charge in [-0.3, -0.25) is 4.90 Å². The highest BCUT2D eigenvalue weighted by atomic mass is 16.7. The number of anilines is 1. The maximum Gasteiger partial charge on any atom is 0.337 e. The van der Waals surface area contributed by atoms with Crippen LogP contribution in [0.1, 0.15) is 27.7 Å². The number of nitrogens with one attached hydrogen (secondary N) is 1. The maximum atomic E-state index is 11.6. The number of benzene rings is 2. The van der Waals surface area contributed by atoms with Crippen LogP contribution in [0, 0.1) is 0 Å². The highest BCUT2D eigenvalue weighted by Gasteiger charge is 2.34. The van der Waals surface area contributed by atoms with Crippen molar-refractivity contribution in [2.45, 2.75) is 12.6 Å². The smallest absolute Gasteiger partial charge is 0.337 e. The molecule has 7 nitrogen and oxygen atoms in total. The Balaban J connectivity index is 1.69. The van der Waals surface area contributed by atoms with Crippen molar-refractivity contribution in [3.05, 3.63) is 47.0 Å². The van der Waals surface area contributed by atoms with E-state index in [9.17, 15) is 4.79 Å². The van der Waals surface area contributed by atoms with Gasteiger partial charge in [-0.2, -0.15) is 0 Å². The fourth-order valence-corrected chi connectivity index (χ4v) is 3.59. The van der Waals surface area contributed by atoms with E-state index in [2.05, 4.69) is 17.3 Å². The summed E-state index contributed by atoms with van der Waals surface area (Å²) in [6, 6.07) is 9.27. The summed E-state index contributed by atoms with van der Waals surface area (Å²) in [5.74, 6) is 1.74. The Labute approximate surface area is 157 Å². The number of methoxy groups -OCH3 is 2. The third-order valence-electron chi connectivity index (χ3n) is 5.01. The average molecular weight is 370 g/mol. The van der Waals surface area contributed by atoms with E-state index in [1.54, 1.807) is 19.2 Å². The minimum absolute atomic E-state index is 0.0952. The Hall–Kier alpha value is -2.93. The molecule has 0 spiro atoms. The highest BCUT2D eigenvalue weighted by molar-refractivity contribution is 5.89. The first-order valence-corrected chi connectivity index (χ1v) is 8.77. The van der Waals surface area contributed by atoms with Crippen LogP contribution in [-0.2, 0) is 11.2 Å². The van der Waals surface area contributed by atoms with Gasteiger partial charge in [-0.15, -0.1) is 0 Å². The van der Waals surface area contributed by atoms with Crippen molar-refractivity contribution in [1.82, 2.24) is 4.90 Å². The average Bonchev–Trinajstić information content (AvgIpc) is 3.16. The maximum absolute atomic E-state index is 11.6. The first-order valence-electron chi connectivity index (χ1n) is 8.77. The Bertz CT molecular complexity index is 866. The van der Waals surface area contributed by atoms with E-state index in [-0.39, 0.29) is 18.9 Å². The molecular formula is C20H22N2O5. The van der Waals surface area contributed by atoms with Gasteiger partial charge in [-0.05, 0) is 49.4 Å². The molecule has 0 aliphatic carbocycles. The van der Waals surface area contributed by atoms with Gasteiger partial charge < -0.3 is 24.3 Å². The largest absolute Gasteiger partial charge is 0.492 e. The highest BCUT2D eigenvalue weighted by Crippen LogP contribution is 2.49.